The van der Waals surface area contributed by atoms with Crippen LogP contribution in [0.3, 0.4) is 0 Å². The molecule has 0 aliphatic carbocycles. The molecule has 116 valence electrons. The highest BCUT2D eigenvalue weighted by Gasteiger charge is 2.36. The van der Waals surface area contributed by atoms with Gasteiger partial charge in [0.25, 0.3) is 0 Å². The minimum atomic E-state index is -3.46. The molecule has 0 N–H and O–H groups in total. The molecule has 0 aromatic heterocycles. The van der Waals surface area contributed by atoms with E-state index in [0.29, 0.717) is 4.90 Å². The summed E-state index contributed by atoms with van der Waals surface area (Å²) >= 11 is 1.58. The van der Waals surface area contributed by atoms with E-state index in [0.717, 1.165) is 21.2 Å². The second-order valence-corrected chi connectivity index (χ2v) is 8.63. The minimum absolute atomic E-state index is 0.250. The first kappa shape index (κ1) is 14.8. The molecule has 0 radical (unpaired) electrons. The average molecular weight is 341 g/mol. The van der Waals surface area contributed by atoms with Crippen LogP contribution in [-0.2, 0) is 10.0 Å². The van der Waals surface area contributed by atoms with E-state index in [2.05, 4.69) is 18.2 Å². The van der Waals surface area contributed by atoms with Crippen molar-refractivity contribution in [1.82, 2.24) is 4.31 Å². The largest absolute Gasteiger partial charge is 0.245 e. The zero-order valence-corrected chi connectivity index (χ0v) is 14.1. The third-order valence-corrected chi connectivity index (χ3v) is 7.70. The van der Waals surface area contributed by atoms with E-state index in [9.17, 15) is 8.42 Å². The van der Waals surface area contributed by atoms with E-state index in [1.54, 1.807) is 30.9 Å². The van der Waals surface area contributed by atoms with Crippen LogP contribution in [0.15, 0.2) is 76.5 Å². The Bertz CT molecular complexity index is 999. The Kier molecular flexibility index (Phi) is 3.44. The number of rotatable bonds is 1. The first-order valence-corrected chi connectivity index (χ1v) is 9.62. The molecule has 1 unspecified atom stereocenters. The zero-order chi connectivity index (χ0) is 16.0. The van der Waals surface area contributed by atoms with E-state index in [-0.39, 0.29) is 5.37 Å². The number of fused-ring (bicyclic) bond motifs is 2. The maximum atomic E-state index is 12.8. The molecule has 0 spiro atoms. The van der Waals surface area contributed by atoms with Crippen LogP contribution < -0.4 is 0 Å². The van der Waals surface area contributed by atoms with Gasteiger partial charge in [0, 0.05) is 11.9 Å². The number of hydrogen-bond acceptors (Lipinski definition) is 3. The quantitative estimate of drug-likeness (QED) is 0.663. The van der Waals surface area contributed by atoms with Gasteiger partial charge in [-0.05, 0) is 34.5 Å². The summed E-state index contributed by atoms with van der Waals surface area (Å²) in [5.74, 6) is 0. The maximum Gasteiger partial charge on any atom is 0.245 e. The Morgan fingerprint density at radius 2 is 1.61 bits per heavy atom. The fraction of sp³-hybridized carbons (Fsp3) is 0.111. The molecule has 0 amide bonds. The number of sulfonamides is 1. The van der Waals surface area contributed by atoms with Crippen LogP contribution in [0.25, 0.3) is 10.8 Å². The summed E-state index contributed by atoms with van der Waals surface area (Å²) in [7, 11) is -1.81. The fourth-order valence-electron chi connectivity index (χ4n) is 2.88. The lowest BCUT2D eigenvalue weighted by Gasteiger charge is -2.33. The van der Waals surface area contributed by atoms with Crippen molar-refractivity contribution in [3.05, 3.63) is 72.3 Å². The van der Waals surface area contributed by atoms with Gasteiger partial charge in [-0.15, -0.1) is 0 Å². The summed E-state index contributed by atoms with van der Waals surface area (Å²) < 4.78 is 27.0. The maximum absolute atomic E-state index is 12.8. The molecule has 0 saturated carbocycles. The molecule has 5 heteroatoms. The Hall–Kier alpha value is -1.82. The van der Waals surface area contributed by atoms with Crippen LogP contribution in [0.5, 0.6) is 0 Å². The van der Waals surface area contributed by atoms with Crippen molar-refractivity contribution in [1.29, 1.82) is 0 Å². The van der Waals surface area contributed by atoms with Crippen molar-refractivity contribution in [3.63, 3.8) is 0 Å². The van der Waals surface area contributed by atoms with Gasteiger partial charge < -0.3 is 0 Å². The van der Waals surface area contributed by atoms with Gasteiger partial charge in [0.1, 0.15) is 5.37 Å². The molecule has 0 bridgehead atoms. The van der Waals surface area contributed by atoms with Gasteiger partial charge in [0.15, 0.2) is 0 Å². The SMILES string of the molecule is CN1C(c2ccc3ccccc3c2)Sc2ccccc2S1(=O)=O. The molecule has 3 aromatic rings. The van der Waals surface area contributed by atoms with Gasteiger partial charge in [0.2, 0.25) is 10.0 Å². The first-order valence-electron chi connectivity index (χ1n) is 7.30. The minimum Gasteiger partial charge on any atom is -0.207 e. The van der Waals surface area contributed by atoms with Gasteiger partial charge in [-0.1, -0.05) is 60.3 Å². The van der Waals surface area contributed by atoms with Crippen LogP contribution in [0.4, 0.5) is 0 Å². The molecule has 23 heavy (non-hydrogen) atoms. The average Bonchev–Trinajstić information content (AvgIpc) is 2.58. The molecule has 1 aliphatic heterocycles. The molecular formula is C18H15NO2S2. The van der Waals surface area contributed by atoms with Gasteiger partial charge in [-0.2, -0.15) is 4.31 Å². The lowest BCUT2D eigenvalue weighted by atomic mass is 10.1. The number of thioether (sulfide) groups is 1. The van der Waals surface area contributed by atoms with Crippen molar-refractivity contribution in [2.45, 2.75) is 15.2 Å². The fourth-order valence-corrected chi connectivity index (χ4v) is 6.07. The molecule has 4 rings (SSSR count). The van der Waals surface area contributed by atoms with Crippen LogP contribution in [0.2, 0.25) is 0 Å². The van der Waals surface area contributed by atoms with Crippen LogP contribution in [0.1, 0.15) is 10.9 Å². The smallest absolute Gasteiger partial charge is 0.207 e. The number of hydrogen-bond donors (Lipinski definition) is 0. The molecular weight excluding hydrogens is 326 g/mol. The van der Waals surface area contributed by atoms with Crippen molar-refractivity contribution in [2.24, 2.45) is 0 Å². The molecule has 3 aromatic carbocycles. The second kappa shape index (κ2) is 5.37. The monoisotopic (exact) mass is 341 g/mol. The van der Waals surface area contributed by atoms with E-state index < -0.39 is 10.0 Å². The summed E-state index contributed by atoms with van der Waals surface area (Å²) in [6.07, 6.45) is 0. The summed E-state index contributed by atoms with van der Waals surface area (Å²) in [5, 5.41) is 2.03. The molecule has 3 nitrogen and oxygen atoms in total. The highest BCUT2D eigenvalue weighted by atomic mass is 32.2. The molecule has 1 atom stereocenters. The normalized spacial score (nSPS) is 20.3. The highest BCUT2D eigenvalue weighted by Crippen LogP contribution is 2.47. The molecule has 0 fully saturated rings. The first-order chi connectivity index (χ1) is 11.1. The summed E-state index contributed by atoms with van der Waals surface area (Å²) in [6.45, 7) is 0. The van der Waals surface area contributed by atoms with Crippen molar-refractivity contribution < 1.29 is 8.42 Å². The van der Waals surface area contributed by atoms with E-state index in [1.165, 1.54) is 4.31 Å². The summed E-state index contributed by atoms with van der Waals surface area (Å²) in [4.78, 5) is 1.20. The Balaban J connectivity index is 1.85. The predicted molar refractivity (Wildman–Crippen MR) is 93.9 cm³/mol. The third kappa shape index (κ3) is 2.36. The Morgan fingerprint density at radius 3 is 2.43 bits per heavy atom. The van der Waals surface area contributed by atoms with Crippen LogP contribution in [0, 0.1) is 0 Å². The Labute approximate surface area is 140 Å². The summed E-state index contributed by atoms with van der Waals surface area (Å²) in [5.41, 5.74) is 0.995. The van der Waals surface area contributed by atoms with Crippen molar-refractivity contribution >= 4 is 32.6 Å². The molecule has 1 aliphatic rings. The van der Waals surface area contributed by atoms with Crippen LogP contribution in [-0.4, -0.2) is 19.8 Å². The van der Waals surface area contributed by atoms with Crippen LogP contribution >= 0.6 is 11.8 Å². The van der Waals surface area contributed by atoms with E-state index in [1.807, 2.05) is 36.4 Å². The van der Waals surface area contributed by atoms with Gasteiger partial charge in [-0.25, -0.2) is 8.42 Å². The standard InChI is InChI=1S/C18H15NO2S2/c1-19-18(15-11-10-13-6-2-3-7-14(13)12-15)22-16-8-4-5-9-17(16)23(19,20)21/h2-12,18H,1H3. The third-order valence-electron chi connectivity index (χ3n) is 4.13. The lowest BCUT2D eigenvalue weighted by Crippen LogP contribution is -2.33. The van der Waals surface area contributed by atoms with Crippen molar-refractivity contribution in [2.75, 3.05) is 7.05 Å². The van der Waals surface area contributed by atoms with Gasteiger partial charge in [-0.3, -0.25) is 0 Å². The second-order valence-electron chi connectivity index (χ2n) is 5.54. The van der Waals surface area contributed by atoms with Gasteiger partial charge >= 0.3 is 0 Å². The van der Waals surface area contributed by atoms with Crippen molar-refractivity contribution in [3.8, 4) is 0 Å². The number of nitrogens with zero attached hydrogens (tertiary/aromatic N) is 1. The predicted octanol–water partition coefficient (Wildman–Crippen LogP) is 4.26. The Morgan fingerprint density at radius 1 is 0.913 bits per heavy atom. The number of benzene rings is 3. The topological polar surface area (TPSA) is 37.4 Å². The molecule has 0 saturated heterocycles. The zero-order valence-electron chi connectivity index (χ0n) is 12.5. The van der Waals surface area contributed by atoms with E-state index >= 15 is 0 Å². The van der Waals surface area contributed by atoms with E-state index in [4.69, 9.17) is 0 Å². The van der Waals surface area contributed by atoms with Gasteiger partial charge in [0.05, 0.1) is 4.90 Å². The summed E-state index contributed by atoms with van der Waals surface area (Å²) in [6, 6.07) is 21.4. The molecule has 1 heterocycles. The lowest BCUT2D eigenvalue weighted by molar-refractivity contribution is 0.451. The highest BCUT2D eigenvalue weighted by molar-refractivity contribution is 8.02.